The summed E-state index contributed by atoms with van der Waals surface area (Å²) in [7, 11) is 0. The molecule has 1 saturated heterocycles. The maximum absolute atomic E-state index is 12.4. The molecule has 1 N–H and O–H groups in total. The smallest absolute Gasteiger partial charge is 0.345 e. The van der Waals surface area contributed by atoms with Crippen LogP contribution in [0.15, 0.2) is 53.6 Å². The van der Waals surface area contributed by atoms with Crippen LogP contribution in [0.5, 0.6) is 0 Å². The highest BCUT2D eigenvalue weighted by Gasteiger charge is 2.26. The lowest BCUT2D eigenvalue weighted by molar-refractivity contribution is -0.158. The zero-order valence-electron chi connectivity index (χ0n) is 16.8. The van der Waals surface area contributed by atoms with Gasteiger partial charge in [-0.05, 0) is 54.5 Å². The van der Waals surface area contributed by atoms with Crippen molar-refractivity contribution >= 4 is 22.7 Å². The first kappa shape index (κ1) is 20.0. The minimum absolute atomic E-state index is 0.344. The fourth-order valence-corrected chi connectivity index (χ4v) is 6.23. The average molecular weight is 429 g/mol. The monoisotopic (exact) mass is 428 g/mol. The van der Waals surface area contributed by atoms with Crippen molar-refractivity contribution in [1.29, 1.82) is 0 Å². The van der Waals surface area contributed by atoms with Gasteiger partial charge in [0.05, 0.1) is 6.10 Å². The first-order valence-corrected chi connectivity index (χ1v) is 11.5. The zero-order valence-corrected chi connectivity index (χ0v) is 17.6. The molecule has 1 aliphatic heterocycles. The lowest BCUT2D eigenvalue weighted by Gasteiger charge is -2.16. The molecule has 0 saturated carbocycles. The summed E-state index contributed by atoms with van der Waals surface area (Å²) in [5.74, 6) is 0. The molecule has 0 spiro atoms. The molecule has 2 heterocycles. The van der Waals surface area contributed by atoms with Crippen LogP contribution in [0, 0.1) is 0 Å². The van der Waals surface area contributed by atoms with E-state index in [0.717, 1.165) is 32.4 Å². The Kier molecular flexibility index (Phi) is 5.81. The number of alkyl halides is 2. The van der Waals surface area contributed by atoms with Gasteiger partial charge < -0.3 is 14.6 Å². The Morgan fingerprint density at radius 2 is 1.90 bits per heavy atom. The van der Waals surface area contributed by atoms with Crippen LogP contribution in [0.4, 0.5) is 8.78 Å². The highest BCUT2D eigenvalue weighted by molar-refractivity contribution is 8.00. The molecule has 2 aromatic carbocycles. The summed E-state index contributed by atoms with van der Waals surface area (Å²) >= 11 is 1.98. The number of fused-ring (bicyclic) bond motifs is 2. The number of nitrogens with one attached hydrogen (secondary N) is 1. The van der Waals surface area contributed by atoms with E-state index in [2.05, 4.69) is 63.3 Å². The van der Waals surface area contributed by atoms with Gasteiger partial charge in [-0.3, -0.25) is 0 Å². The molecule has 3 nitrogen and oxygen atoms in total. The van der Waals surface area contributed by atoms with Gasteiger partial charge in [-0.1, -0.05) is 30.3 Å². The molecule has 1 aliphatic carbocycles. The first-order chi connectivity index (χ1) is 14.7. The second kappa shape index (κ2) is 8.69. The van der Waals surface area contributed by atoms with E-state index >= 15 is 0 Å². The van der Waals surface area contributed by atoms with Crippen molar-refractivity contribution in [3.8, 4) is 0 Å². The third-order valence-electron chi connectivity index (χ3n) is 6.28. The predicted molar refractivity (Wildman–Crippen MR) is 117 cm³/mol. The summed E-state index contributed by atoms with van der Waals surface area (Å²) in [4.78, 5) is 6.99. The van der Waals surface area contributed by atoms with Crippen molar-refractivity contribution in [3.63, 3.8) is 0 Å². The average Bonchev–Trinajstić information content (AvgIpc) is 3.44. The van der Waals surface area contributed by atoms with Crippen LogP contribution >= 0.6 is 11.8 Å². The summed E-state index contributed by atoms with van der Waals surface area (Å²) in [6.07, 6.45) is 5.60. The highest BCUT2D eigenvalue weighted by Crippen LogP contribution is 2.38. The van der Waals surface area contributed by atoms with Crippen molar-refractivity contribution in [2.75, 3.05) is 19.6 Å². The maximum atomic E-state index is 12.4. The Hall–Kier alpha value is -1.89. The molecule has 3 aromatic rings. The van der Waals surface area contributed by atoms with Crippen molar-refractivity contribution in [2.45, 2.75) is 48.5 Å². The molecule has 5 rings (SSSR count). The Morgan fingerprint density at radius 3 is 2.67 bits per heavy atom. The minimum atomic E-state index is -2.68. The number of H-pyrrole nitrogens is 1. The summed E-state index contributed by atoms with van der Waals surface area (Å²) in [5.41, 5.74) is 5.44. The molecule has 0 unspecified atom stereocenters. The van der Waals surface area contributed by atoms with Crippen molar-refractivity contribution in [2.24, 2.45) is 0 Å². The molecule has 6 heteroatoms. The van der Waals surface area contributed by atoms with Crippen LogP contribution in [-0.4, -0.2) is 47.5 Å². The number of benzene rings is 2. The Bertz CT molecular complexity index is 996. The van der Waals surface area contributed by atoms with Crippen LogP contribution < -0.4 is 0 Å². The van der Waals surface area contributed by atoms with Crippen molar-refractivity contribution < 1.29 is 13.5 Å². The third-order valence-corrected chi connectivity index (χ3v) is 7.54. The standard InChI is InChI=1S/C24H26F2N2OS/c25-24(26)29-19-9-11-28(15-19)10-8-18-14-27-21-6-3-7-22(23(18)21)30-20-12-16-4-1-2-5-17(16)13-20/h1-7,14,19-20,24,27H,8-13,15H2/t19-/m0/s1. The number of halogens is 2. The maximum Gasteiger partial charge on any atom is 0.345 e. The topological polar surface area (TPSA) is 28.3 Å². The lowest BCUT2D eigenvalue weighted by atomic mass is 10.1. The third kappa shape index (κ3) is 4.27. The fraction of sp³-hybridized carbons (Fsp3) is 0.417. The number of nitrogens with zero attached hydrogens (tertiary/aromatic N) is 1. The zero-order chi connectivity index (χ0) is 20.5. The number of likely N-dealkylation sites (tertiary alicyclic amines) is 1. The van der Waals surface area contributed by atoms with E-state index in [1.54, 1.807) is 0 Å². The Labute approximate surface area is 179 Å². The van der Waals surface area contributed by atoms with Crippen LogP contribution in [0.3, 0.4) is 0 Å². The van der Waals surface area contributed by atoms with Crippen molar-refractivity contribution in [3.05, 3.63) is 65.4 Å². The van der Waals surface area contributed by atoms with Gasteiger partial charge >= 0.3 is 6.61 Å². The van der Waals surface area contributed by atoms with E-state index in [9.17, 15) is 8.78 Å². The molecule has 0 bridgehead atoms. The fourth-order valence-electron chi connectivity index (χ4n) is 4.83. The summed E-state index contributed by atoms with van der Waals surface area (Å²) in [5, 5.41) is 1.89. The van der Waals surface area contributed by atoms with Gasteiger partial charge in [0.25, 0.3) is 0 Å². The van der Waals surface area contributed by atoms with Gasteiger partial charge in [-0.2, -0.15) is 8.78 Å². The van der Waals surface area contributed by atoms with Gasteiger partial charge in [-0.15, -0.1) is 11.8 Å². The van der Waals surface area contributed by atoms with E-state index in [-0.39, 0.29) is 6.10 Å². The number of aromatic amines is 1. The molecular weight excluding hydrogens is 402 g/mol. The minimum Gasteiger partial charge on any atom is -0.361 e. The number of hydrogen-bond donors (Lipinski definition) is 1. The Morgan fingerprint density at radius 1 is 1.10 bits per heavy atom. The quantitative estimate of drug-likeness (QED) is 0.555. The first-order valence-electron chi connectivity index (χ1n) is 10.6. The molecule has 30 heavy (non-hydrogen) atoms. The van der Waals surface area contributed by atoms with E-state index < -0.39 is 6.61 Å². The normalized spacial score (nSPS) is 19.9. The van der Waals surface area contributed by atoms with Gasteiger partial charge in [0, 0.05) is 46.9 Å². The summed E-state index contributed by atoms with van der Waals surface area (Å²) in [6, 6.07) is 15.3. The number of hydrogen-bond acceptors (Lipinski definition) is 3. The number of rotatable bonds is 7. The van der Waals surface area contributed by atoms with Gasteiger partial charge in [-0.25, -0.2) is 0 Å². The van der Waals surface area contributed by atoms with Crippen LogP contribution in [-0.2, 0) is 24.0 Å². The summed E-state index contributed by atoms with van der Waals surface area (Å²) in [6.45, 7) is -0.398. The summed E-state index contributed by atoms with van der Waals surface area (Å²) < 4.78 is 29.6. The lowest BCUT2D eigenvalue weighted by Crippen LogP contribution is -2.26. The second-order valence-corrected chi connectivity index (χ2v) is 9.61. The van der Waals surface area contributed by atoms with Crippen LogP contribution in [0.25, 0.3) is 10.9 Å². The van der Waals surface area contributed by atoms with E-state index in [1.165, 1.54) is 32.5 Å². The van der Waals surface area contributed by atoms with Crippen molar-refractivity contribution in [1.82, 2.24) is 9.88 Å². The van der Waals surface area contributed by atoms with Crippen LogP contribution in [0.2, 0.25) is 0 Å². The molecule has 1 fully saturated rings. The number of thioether (sulfide) groups is 1. The van der Waals surface area contributed by atoms with E-state index in [0.29, 0.717) is 18.2 Å². The molecule has 2 aliphatic rings. The molecule has 0 amide bonds. The number of aromatic nitrogens is 1. The van der Waals surface area contributed by atoms with E-state index in [1.807, 2.05) is 11.8 Å². The molecule has 0 radical (unpaired) electrons. The van der Waals surface area contributed by atoms with Gasteiger partial charge in [0.2, 0.25) is 0 Å². The van der Waals surface area contributed by atoms with Gasteiger partial charge in [0.15, 0.2) is 0 Å². The molecule has 158 valence electrons. The van der Waals surface area contributed by atoms with E-state index in [4.69, 9.17) is 0 Å². The highest BCUT2D eigenvalue weighted by atomic mass is 32.2. The largest absolute Gasteiger partial charge is 0.361 e. The predicted octanol–water partition coefficient (Wildman–Crippen LogP) is 5.28. The molecule has 1 aromatic heterocycles. The number of ether oxygens (including phenoxy) is 1. The molecule has 1 atom stereocenters. The Balaban J connectivity index is 1.27. The molecular formula is C24H26F2N2OS. The SMILES string of the molecule is FC(F)O[C@H]1CCN(CCc2c[nH]c3cccc(SC4Cc5ccccc5C4)c23)C1. The second-order valence-electron chi connectivity index (χ2n) is 8.27. The van der Waals surface area contributed by atoms with Crippen LogP contribution in [0.1, 0.15) is 23.1 Å². The van der Waals surface area contributed by atoms with Gasteiger partial charge in [0.1, 0.15) is 0 Å².